The van der Waals surface area contributed by atoms with Gasteiger partial charge in [0.25, 0.3) is 5.91 Å². The van der Waals surface area contributed by atoms with E-state index in [-0.39, 0.29) is 29.5 Å². The number of hydrogen-bond donors (Lipinski definition) is 2. The third kappa shape index (κ3) is 4.57. The number of sulfonamides is 1. The molecule has 9 heteroatoms. The van der Waals surface area contributed by atoms with Crippen LogP contribution in [0.15, 0.2) is 52.2 Å². The smallest absolute Gasteiger partial charge is 0.256 e. The molecule has 2 aromatic carbocycles. The van der Waals surface area contributed by atoms with Crippen LogP contribution in [0.3, 0.4) is 0 Å². The molecule has 1 aliphatic rings. The van der Waals surface area contributed by atoms with E-state index in [1.165, 1.54) is 28.6 Å². The van der Waals surface area contributed by atoms with Gasteiger partial charge in [0, 0.05) is 35.7 Å². The van der Waals surface area contributed by atoms with Crippen molar-refractivity contribution >= 4 is 32.5 Å². The van der Waals surface area contributed by atoms with Crippen LogP contribution < -0.4 is 10.9 Å². The van der Waals surface area contributed by atoms with Crippen molar-refractivity contribution in [2.45, 2.75) is 31.6 Å². The van der Waals surface area contributed by atoms with Crippen LogP contribution in [0.1, 0.15) is 41.3 Å². The minimum Gasteiger partial charge on any atom is -0.379 e. The molecule has 8 nitrogen and oxygen atoms in total. The number of aryl methyl sites for hydroxylation is 1. The number of ether oxygens (including phenoxy) is 1. The zero-order valence-corrected chi connectivity index (χ0v) is 19.7. The number of amides is 1. The number of nitrogens with zero attached hydrogens (tertiary/aromatic N) is 1. The number of para-hydroxylation sites is 1. The van der Waals surface area contributed by atoms with E-state index >= 15 is 0 Å². The minimum atomic E-state index is -3.76. The van der Waals surface area contributed by atoms with E-state index in [9.17, 15) is 18.0 Å². The molecule has 0 saturated carbocycles. The number of aromatic nitrogens is 1. The summed E-state index contributed by atoms with van der Waals surface area (Å²) in [6.45, 7) is 7.19. The molecule has 0 aliphatic carbocycles. The molecule has 1 fully saturated rings. The maximum absolute atomic E-state index is 13.3. The van der Waals surface area contributed by atoms with Gasteiger partial charge in [-0.15, -0.1) is 0 Å². The molecule has 0 atom stereocenters. The zero-order chi connectivity index (χ0) is 23.8. The fourth-order valence-electron chi connectivity index (χ4n) is 4.04. The van der Waals surface area contributed by atoms with E-state index in [0.717, 1.165) is 11.1 Å². The predicted molar refractivity (Wildman–Crippen MR) is 127 cm³/mol. The fourth-order valence-corrected chi connectivity index (χ4v) is 5.48. The van der Waals surface area contributed by atoms with Crippen LogP contribution in [0.5, 0.6) is 0 Å². The van der Waals surface area contributed by atoms with Gasteiger partial charge in [-0.2, -0.15) is 4.31 Å². The highest BCUT2D eigenvalue weighted by Crippen LogP contribution is 2.29. The van der Waals surface area contributed by atoms with Gasteiger partial charge < -0.3 is 15.0 Å². The summed E-state index contributed by atoms with van der Waals surface area (Å²) < 4.78 is 32.9. The SMILES string of the molecule is Cc1cccc(C(C)C)c1NC(=O)c1cc(=O)[nH]c2ccc(S(=O)(=O)N3CCOCC3)cc12. The topological polar surface area (TPSA) is 109 Å². The van der Waals surface area contributed by atoms with Crippen molar-refractivity contribution in [3.8, 4) is 0 Å². The Kier molecular flexibility index (Phi) is 6.38. The van der Waals surface area contributed by atoms with Gasteiger partial charge in [-0.1, -0.05) is 32.0 Å². The Morgan fingerprint density at radius 3 is 2.55 bits per heavy atom. The van der Waals surface area contributed by atoms with E-state index in [0.29, 0.717) is 29.8 Å². The van der Waals surface area contributed by atoms with Crippen molar-refractivity contribution in [3.63, 3.8) is 0 Å². The van der Waals surface area contributed by atoms with E-state index in [2.05, 4.69) is 10.3 Å². The first-order valence-electron chi connectivity index (χ1n) is 10.8. The molecule has 174 valence electrons. The Hall–Kier alpha value is -3.01. The Balaban J connectivity index is 1.79. The van der Waals surface area contributed by atoms with E-state index in [4.69, 9.17) is 4.74 Å². The monoisotopic (exact) mass is 469 g/mol. The highest BCUT2D eigenvalue weighted by molar-refractivity contribution is 7.89. The van der Waals surface area contributed by atoms with Crippen molar-refractivity contribution in [1.29, 1.82) is 0 Å². The molecule has 0 radical (unpaired) electrons. The molecule has 2 N–H and O–H groups in total. The van der Waals surface area contributed by atoms with Crippen LogP contribution in [-0.2, 0) is 14.8 Å². The van der Waals surface area contributed by atoms with Crippen molar-refractivity contribution in [2.75, 3.05) is 31.6 Å². The molecule has 0 unspecified atom stereocenters. The van der Waals surface area contributed by atoms with Crippen LogP contribution in [-0.4, -0.2) is 49.9 Å². The van der Waals surface area contributed by atoms with Crippen molar-refractivity contribution in [2.24, 2.45) is 0 Å². The van der Waals surface area contributed by atoms with Gasteiger partial charge in [0.2, 0.25) is 15.6 Å². The Morgan fingerprint density at radius 2 is 1.85 bits per heavy atom. The van der Waals surface area contributed by atoms with Crippen LogP contribution in [0.25, 0.3) is 10.9 Å². The largest absolute Gasteiger partial charge is 0.379 e. The summed E-state index contributed by atoms with van der Waals surface area (Å²) in [5, 5.41) is 3.31. The summed E-state index contributed by atoms with van der Waals surface area (Å²) in [4.78, 5) is 28.3. The second-order valence-electron chi connectivity index (χ2n) is 8.42. The third-order valence-corrected chi connectivity index (χ3v) is 7.73. The number of morpholine rings is 1. The third-order valence-electron chi connectivity index (χ3n) is 5.83. The number of H-pyrrole nitrogens is 1. The van der Waals surface area contributed by atoms with Gasteiger partial charge in [0.15, 0.2) is 0 Å². The van der Waals surface area contributed by atoms with Gasteiger partial charge in [-0.05, 0) is 42.2 Å². The molecular weight excluding hydrogens is 442 g/mol. The molecule has 1 aromatic heterocycles. The van der Waals surface area contributed by atoms with Gasteiger partial charge >= 0.3 is 0 Å². The summed E-state index contributed by atoms with van der Waals surface area (Å²) in [5.74, 6) is -0.287. The minimum absolute atomic E-state index is 0.0664. The number of carbonyl (C=O) groups is 1. The van der Waals surface area contributed by atoms with E-state index in [1.54, 1.807) is 0 Å². The van der Waals surface area contributed by atoms with Gasteiger partial charge in [-0.3, -0.25) is 9.59 Å². The molecule has 1 saturated heterocycles. The van der Waals surface area contributed by atoms with Gasteiger partial charge in [-0.25, -0.2) is 8.42 Å². The average Bonchev–Trinajstić information content (AvgIpc) is 2.79. The number of benzene rings is 2. The van der Waals surface area contributed by atoms with Crippen molar-refractivity contribution in [1.82, 2.24) is 9.29 Å². The van der Waals surface area contributed by atoms with Crippen molar-refractivity contribution < 1.29 is 17.9 Å². The summed E-state index contributed by atoms with van der Waals surface area (Å²) in [5.41, 5.74) is 2.65. The number of carbonyl (C=O) groups excluding carboxylic acids is 1. The number of anilines is 1. The molecule has 33 heavy (non-hydrogen) atoms. The Morgan fingerprint density at radius 1 is 1.12 bits per heavy atom. The first-order valence-corrected chi connectivity index (χ1v) is 12.3. The lowest BCUT2D eigenvalue weighted by atomic mass is 9.98. The lowest BCUT2D eigenvalue weighted by Crippen LogP contribution is -2.40. The number of rotatable bonds is 5. The Labute approximate surface area is 192 Å². The zero-order valence-electron chi connectivity index (χ0n) is 18.8. The molecule has 0 spiro atoms. The molecular formula is C24H27N3O5S. The standard InChI is InChI=1S/C24H27N3O5S/c1-15(2)18-6-4-5-16(3)23(18)26-24(29)20-14-22(28)25-21-8-7-17(13-19(20)21)33(30,31)27-9-11-32-12-10-27/h4-8,13-15H,9-12H2,1-3H3,(H,25,28)(H,26,29). The number of hydrogen-bond acceptors (Lipinski definition) is 5. The second kappa shape index (κ2) is 9.09. The molecule has 1 amide bonds. The quantitative estimate of drug-likeness (QED) is 0.596. The predicted octanol–water partition coefficient (Wildman–Crippen LogP) is 3.23. The van der Waals surface area contributed by atoms with Gasteiger partial charge in [0.1, 0.15) is 0 Å². The maximum Gasteiger partial charge on any atom is 0.256 e. The van der Waals surface area contributed by atoms with Crippen LogP contribution in [0, 0.1) is 6.92 Å². The molecule has 1 aliphatic heterocycles. The van der Waals surface area contributed by atoms with Crippen molar-refractivity contribution in [3.05, 3.63) is 69.5 Å². The lowest BCUT2D eigenvalue weighted by molar-refractivity contribution is 0.0730. The summed E-state index contributed by atoms with van der Waals surface area (Å²) >= 11 is 0. The summed E-state index contributed by atoms with van der Waals surface area (Å²) in [6.07, 6.45) is 0. The van der Waals surface area contributed by atoms with E-state index < -0.39 is 21.5 Å². The number of fused-ring (bicyclic) bond motifs is 1. The van der Waals surface area contributed by atoms with Crippen LogP contribution in [0.4, 0.5) is 5.69 Å². The summed E-state index contributed by atoms with van der Waals surface area (Å²) in [6, 6.07) is 11.4. The summed E-state index contributed by atoms with van der Waals surface area (Å²) in [7, 11) is -3.76. The first-order chi connectivity index (χ1) is 15.7. The molecule has 0 bridgehead atoms. The highest BCUT2D eigenvalue weighted by Gasteiger charge is 2.27. The van der Waals surface area contributed by atoms with E-state index in [1.807, 2.05) is 39.0 Å². The fraction of sp³-hybridized carbons (Fsp3) is 0.333. The lowest BCUT2D eigenvalue weighted by Gasteiger charge is -2.26. The number of pyridine rings is 1. The molecule has 3 aromatic rings. The average molecular weight is 470 g/mol. The highest BCUT2D eigenvalue weighted by atomic mass is 32.2. The maximum atomic E-state index is 13.3. The second-order valence-corrected chi connectivity index (χ2v) is 10.4. The number of aromatic amines is 1. The normalized spacial score (nSPS) is 15.2. The van der Waals surface area contributed by atoms with Crippen LogP contribution in [0.2, 0.25) is 0 Å². The number of nitrogens with one attached hydrogen (secondary N) is 2. The van der Waals surface area contributed by atoms with Crippen LogP contribution >= 0.6 is 0 Å². The first kappa shape index (κ1) is 23.2. The molecule has 2 heterocycles. The molecule has 4 rings (SSSR count). The van der Waals surface area contributed by atoms with Gasteiger partial charge in [0.05, 0.1) is 23.7 Å². The Bertz CT molecular complexity index is 1370.